The van der Waals surface area contributed by atoms with Gasteiger partial charge in [0.05, 0.1) is 10.6 Å². The monoisotopic (exact) mass is 279 g/mol. The van der Waals surface area contributed by atoms with Crippen molar-refractivity contribution in [2.75, 3.05) is 6.26 Å². The molecule has 1 aromatic heterocycles. The van der Waals surface area contributed by atoms with Crippen LogP contribution in [0.5, 0.6) is 11.8 Å². The third kappa shape index (κ3) is 3.49. The molecule has 1 aromatic carbocycles. The van der Waals surface area contributed by atoms with Crippen LogP contribution in [0.1, 0.15) is 5.69 Å². The first-order chi connectivity index (χ1) is 8.99. The van der Waals surface area contributed by atoms with Crippen molar-refractivity contribution in [3.8, 4) is 11.8 Å². The SMILES string of the molecule is CS(=O)(=O)c1cccc(Oc2nccc(CN)n2)c1. The molecular formula is C12H13N3O3S. The third-order valence-electron chi connectivity index (χ3n) is 2.34. The van der Waals surface area contributed by atoms with E-state index >= 15 is 0 Å². The summed E-state index contributed by atoms with van der Waals surface area (Å²) in [5.41, 5.74) is 6.11. The van der Waals surface area contributed by atoms with Gasteiger partial charge in [-0.15, -0.1) is 0 Å². The summed E-state index contributed by atoms with van der Waals surface area (Å²) in [4.78, 5) is 8.19. The Bertz CT molecular complexity index is 686. The molecule has 0 saturated heterocycles. The molecule has 7 heteroatoms. The molecule has 100 valence electrons. The van der Waals surface area contributed by atoms with E-state index in [4.69, 9.17) is 10.5 Å². The normalized spacial score (nSPS) is 11.3. The van der Waals surface area contributed by atoms with Gasteiger partial charge in [0, 0.05) is 19.0 Å². The number of sulfone groups is 1. The molecule has 0 fully saturated rings. The third-order valence-corrected chi connectivity index (χ3v) is 3.45. The predicted octanol–water partition coefficient (Wildman–Crippen LogP) is 1.13. The lowest BCUT2D eigenvalue weighted by Crippen LogP contribution is -2.02. The zero-order valence-corrected chi connectivity index (χ0v) is 11.1. The minimum atomic E-state index is -3.27. The molecule has 2 N–H and O–H groups in total. The minimum Gasteiger partial charge on any atom is -0.424 e. The lowest BCUT2D eigenvalue weighted by molar-refractivity contribution is 0.438. The molecule has 0 aliphatic carbocycles. The van der Waals surface area contributed by atoms with Crippen LogP contribution >= 0.6 is 0 Å². The van der Waals surface area contributed by atoms with Crippen molar-refractivity contribution >= 4 is 9.84 Å². The molecule has 0 spiro atoms. The largest absolute Gasteiger partial charge is 0.424 e. The fraction of sp³-hybridized carbons (Fsp3) is 0.167. The van der Waals surface area contributed by atoms with Crippen LogP contribution in [0.25, 0.3) is 0 Å². The van der Waals surface area contributed by atoms with Crippen LogP contribution in [0.2, 0.25) is 0 Å². The van der Waals surface area contributed by atoms with Gasteiger partial charge in [-0.2, -0.15) is 4.98 Å². The van der Waals surface area contributed by atoms with Gasteiger partial charge in [0.1, 0.15) is 5.75 Å². The van der Waals surface area contributed by atoms with Crippen LogP contribution in [-0.2, 0) is 16.4 Å². The summed E-state index contributed by atoms with van der Waals surface area (Å²) in [6.07, 6.45) is 2.67. The first kappa shape index (κ1) is 13.4. The van der Waals surface area contributed by atoms with E-state index in [0.29, 0.717) is 11.4 Å². The van der Waals surface area contributed by atoms with Gasteiger partial charge in [0.25, 0.3) is 0 Å². The summed E-state index contributed by atoms with van der Waals surface area (Å²) in [5.74, 6) is 0.358. The average Bonchev–Trinajstić information content (AvgIpc) is 2.38. The van der Waals surface area contributed by atoms with E-state index in [1.807, 2.05) is 0 Å². The van der Waals surface area contributed by atoms with Crippen LogP contribution in [0, 0.1) is 0 Å². The summed E-state index contributed by atoms with van der Waals surface area (Å²) < 4.78 is 28.3. The maximum Gasteiger partial charge on any atom is 0.322 e. The van der Waals surface area contributed by atoms with Crippen molar-refractivity contribution in [1.82, 2.24) is 9.97 Å². The van der Waals surface area contributed by atoms with Gasteiger partial charge in [-0.25, -0.2) is 13.4 Å². The van der Waals surface area contributed by atoms with Crippen molar-refractivity contribution in [3.05, 3.63) is 42.2 Å². The molecule has 6 nitrogen and oxygen atoms in total. The molecule has 0 aliphatic rings. The molecule has 0 saturated carbocycles. The topological polar surface area (TPSA) is 95.2 Å². The van der Waals surface area contributed by atoms with Crippen LogP contribution in [0.3, 0.4) is 0 Å². The van der Waals surface area contributed by atoms with Gasteiger partial charge in [0.15, 0.2) is 9.84 Å². The standard InChI is InChI=1S/C12H13N3O3S/c1-19(16,17)11-4-2-3-10(7-11)18-12-14-6-5-9(8-13)15-12/h2-7H,8,13H2,1H3. The van der Waals surface area contributed by atoms with Crippen molar-refractivity contribution < 1.29 is 13.2 Å². The quantitative estimate of drug-likeness (QED) is 0.901. The Morgan fingerprint density at radius 1 is 1.32 bits per heavy atom. The maximum absolute atomic E-state index is 11.4. The Labute approximate surface area is 111 Å². The fourth-order valence-electron chi connectivity index (χ4n) is 1.41. The Kier molecular flexibility index (Phi) is 3.77. The number of nitrogens with zero attached hydrogens (tertiary/aromatic N) is 2. The highest BCUT2D eigenvalue weighted by Crippen LogP contribution is 2.21. The van der Waals surface area contributed by atoms with Crippen molar-refractivity contribution in [3.63, 3.8) is 0 Å². The van der Waals surface area contributed by atoms with E-state index < -0.39 is 9.84 Å². The highest BCUT2D eigenvalue weighted by molar-refractivity contribution is 7.90. The van der Waals surface area contributed by atoms with Gasteiger partial charge in [-0.05, 0) is 24.3 Å². The molecule has 19 heavy (non-hydrogen) atoms. The zero-order chi connectivity index (χ0) is 13.9. The lowest BCUT2D eigenvalue weighted by atomic mass is 10.3. The Morgan fingerprint density at radius 3 is 2.79 bits per heavy atom. The number of nitrogens with two attached hydrogens (primary N) is 1. The first-order valence-electron chi connectivity index (χ1n) is 5.49. The molecule has 0 amide bonds. The Morgan fingerprint density at radius 2 is 2.11 bits per heavy atom. The summed E-state index contributed by atoms with van der Waals surface area (Å²) >= 11 is 0. The number of ether oxygens (including phenoxy) is 1. The lowest BCUT2D eigenvalue weighted by Gasteiger charge is -2.06. The zero-order valence-electron chi connectivity index (χ0n) is 10.3. The van der Waals surface area contributed by atoms with Crippen molar-refractivity contribution in [2.45, 2.75) is 11.4 Å². The maximum atomic E-state index is 11.4. The van der Waals surface area contributed by atoms with E-state index in [1.54, 1.807) is 18.2 Å². The molecule has 1 heterocycles. The van der Waals surface area contributed by atoms with E-state index in [9.17, 15) is 8.42 Å². The van der Waals surface area contributed by atoms with Crippen molar-refractivity contribution in [1.29, 1.82) is 0 Å². The number of rotatable bonds is 4. The highest BCUT2D eigenvalue weighted by Gasteiger charge is 2.09. The predicted molar refractivity (Wildman–Crippen MR) is 69.5 cm³/mol. The highest BCUT2D eigenvalue weighted by atomic mass is 32.2. The summed E-state index contributed by atoms with van der Waals surface area (Å²) in [6, 6.07) is 7.96. The molecular weight excluding hydrogens is 266 g/mol. The number of hydrogen-bond acceptors (Lipinski definition) is 6. The van der Waals surface area contributed by atoms with Crippen LogP contribution in [0.15, 0.2) is 41.4 Å². The molecule has 0 unspecified atom stereocenters. The fourth-order valence-corrected chi connectivity index (χ4v) is 2.07. The van der Waals surface area contributed by atoms with E-state index in [0.717, 1.165) is 6.26 Å². The number of aromatic nitrogens is 2. The molecule has 0 radical (unpaired) electrons. The van der Waals surface area contributed by atoms with Gasteiger partial charge >= 0.3 is 6.01 Å². The second-order valence-electron chi connectivity index (χ2n) is 3.88. The minimum absolute atomic E-state index is 0.133. The molecule has 2 rings (SSSR count). The van der Waals surface area contributed by atoms with Gasteiger partial charge < -0.3 is 10.5 Å². The van der Waals surface area contributed by atoms with E-state index in [1.165, 1.54) is 18.3 Å². The van der Waals surface area contributed by atoms with Crippen molar-refractivity contribution in [2.24, 2.45) is 5.73 Å². The molecule has 0 atom stereocenters. The smallest absolute Gasteiger partial charge is 0.322 e. The van der Waals surface area contributed by atoms with Crippen LogP contribution in [0.4, 0.5) is 0 Å². The van der Waals surface area contributed by atoms with Crippen LogP contribution < -0.4 is 10.5 Å². The van der Waals surface area contributed by atoms with E-state index in [-0.39, 0.29) is 17.5 Å². The summed E-state index contributed by atoms with van der Waals surface area (Å²) in [7, 11) is -3.27. The Hall–Kier alpha value is -1.99. The summed E-state index contributed by atoms with van der Waals surface area (Å²) in [5, 5.41) is 0. The van der Waals surface area contributed by atoms with E-state index in [2.05, 4.69) is 9.97 Å². The summed E-state index contributed by atoms with van der Waals surface area (Å²) in [6.45, 7) is 0.280. The molecule has 0 bridgehead atoms. The number of benzene rings is 1. The molecule has 0 aliphatic heterocycles. The Balaban J connectivity index is 2.28. The second kappa shape index (κ2) is 5.33. The first-order valence-corrected chi connectivity index (χ1v) is 7.38. The number of hydrogen-bond donors (Lipinski definition) is 1. The van der Waals surface area contributed by atoms with Gasteiger partial charge in [-0.3, -0.25) is 0 Å². The van der Waals surface area contributed by atoms with Gasteiger partial charge in [0.2, 0.25) is 0 Å². The van der Waals surface area contributed by atoms with Gasteiger partial charge in [-0.1, -0.05) is 6.07 Å². The van der Waals surface area contributed by atoms with Crippen LogP contribution in [-0.4, -0.2) is 24.6 Å². The average molecular weight is 279 g/mol. The second-order valence-corrected chi connectivity index (χ2v) is 5.90. The molecule has 2 aromatic rings.